The van der Waals surface area contributed by atoms with Crippen molar-refractivity contribution in [2.75, 3.05) is 33.0 Å². The first-order chi connectivity index (χ1) is 20.4. The molecule has 3 aromatic rings. The number of rotatable bonds is 19. The average Bonchev–Trinajstić information content (AvgIpc) is 3.02. The Bertz CT molecular complexity index is 1290. The van der Waals surface area contributed by atoms with Crippen LogP contribution in [0.1, 0.15) is 51.0 Å². The molecule has 0 bridgehead atoms. The third kappa shape index (κ3) is 10.5. The Hall–Kier alpha value is -3.87. The van der Waals surface area contributed by atoms with E-state index in [4.69, 9.17) is 19.3 Å². The summed E-state index contributed by atoms with van der Waals surface area (Å²) in [6, 6.07) is 22.7. The van der Waals surface area contributed by atoms with Crippen molar-refractivity contribution in [2.45, 2.75) is 51.9 Å². The highest BCUT2D eigenvalue weighted by Gasteiger charge is 2.11. The maximum atomic E-state index is 11.6. The van der Waals surface area contributed by atoms with E-state index in [2.05, 4.69) is 50.4 Å². The third-order valence-electron chi connectivity index (χ3n) is 7.00. The van der Waals surface area contributed by atoms with E-state index in [1.165, 1.54) is 36.8 Å². The predicted octanol–water partition coefficient (Wildman–Crippen LogP) is 7.32. The Balaban J connectivity index is 1.72. The molecule has 0 saturated heterocycles. The first-order valence-corrected chi connectivity index (χ1v) is 14.8. The molecule has 2 N–H and O–H groups in total. The number of hydrogen-bond donors (Lipinski definition) is 2. The molecule has 0 amide bonds. The number of hydrogen-bond acceptors (Lipinski definition) is 6. The monoisotopic (exact) mass is 572 g/mol. The standard InChI is InChI=1S/C36H44O6/c1-4-5-6-7-8-10-31-23-30(29-13-16-33(17-14-29)41-21-22-42-36(39)28(3)26-38)15-18-35(31)32-11-9-12-34(24-32)40-20-19-27(2)25-37/h9,11-18,23-24,37-38H,2-8,10,19-22,25-26H2,1H3. The molecule has 0 saturated carbocycles. The molecule has 0 aliphatic heterocycles. The molecule has 0 aliphatic carbocycles. The number of carbonyl (C=O) groups excluding carboxylic acids is 1. The topological polar surface area (TPSA) is 85.2 Å². The smallest absolute Gasteiger partial charge is 0.335 e. The van der Waals surface area contributed by atoms with Crippen LogP contribution in [-0.2, 0) is 16.0 Å². The van der Waals surface area contributed by atoms with E-state index in [0.29, 0.717) is 18.8 Å². The molecule has 0 spiro atoms. The van der Waals surface area contributed by atoms with Crippen LogP contribution in [0, 0.1) is 0 Å². The quantitative estimate of drug-likeness (QED) is 0.0678. The largest absolute Gasteiger partial charge is 0.493 e. The van der Waals surface area contributed by atoms with Crippen molar-refractivity contribution in [3.05, 3.63) is 96.6 Å². The van der Waals surface area contributed by atoms with E-state index < -0.39 is 12.6 Å². The van der Waals surface area contributed by atoms with Gasteiger partial charge in [-0.2, -0.15) is 0 Å². The van der Waals surface area contributed by atoms with Gasteiger partial charge < -0.3 is 24.4 Å². The number of ether oxygens (including phenoxy) is 3. The van der Waals surface area contributed by atoms with E-state index in [-0.39, 0.29) is 25.4 Å². The van der Waals surface area contributed by atoms with Gasteiger partial charge in [-0.25, -0.2) is 4.79 Å². The van der Waals surface area contributed by atoms with Gasteiger partial charge in [-0.15, -0.1) is 0 Å². The van der Waals surface area contributed by atoms with Gasteiger partial charge in [0.25, 0.3) is 0 Å². The molecule has 3 rings (SSSR count). The van der Waals surface area contributed by atoms with E-state index in [1.54, 1.807) is 0 Å². The van der Waals surface area contributed by atoms with Gasteiger partial charge in [0.1, 0.15) is 24.7 Å². The van der Waals surface area contributed by atoms with Crippen LogP contribution in [0.15, 0.2) is 91.0 Å². The molecule has 0 radical (unpaired) electrons. The van der Waals surface area contributed by atoms with Crippen LogP contribution in [0.2, 0.25) is 0 Å². The number of carbonyl (C=O) groups is 1. The molecule has 0 heterocycles. The molecule has 0 fully saturated rings. The lowest BCUT2D eigenvalue weighted by Gasteiger charge is -2.15. The summed E-state index contributed by atoms with van der Waals surface area (Å²) in [4.78, 5) is 11.6. The Morgan fingerprint density at radius 2 is 1.48 bits per heavy atom. The molecule has 224 valence electrons. The Morgan fingerprint density at radius 1 is 0.738 bits per heavy atom. The van der Waals surface area contributed by atoms with Crippen LogP contribution in [0.4, 0.5) is 0 Å². The zero-order valence-electron chi connectivity index (χ0n) is 24.8. The summed E-state index contributed by atoms with van der Waals surface area (Å²) >= 11 is 0. The zero-order chi connectivity index (χ0) is 30.2. The third-order valence-corrected chi connectivity index (χ3v) is 7.00. The second-order valence-electron chi connectivity index (χ2n) is 10.3. The minimum Gasteiger partial charge on any atom is -0.493 e. The van der Waals surface area contributed by atoms with Gasteiger partial charge in [0, 0.05) is 6.42 Å². The van der Waals surface area contributed by atoms with E-state index in [1.807, 2.05) is 36.4 Å². The lowest BCUT2D eigenvalue weighted by Crippen LogP contribution is -2.14. The number of aliphatic hydroxyl groups is 2. The molecule has 6 heteroatoms. The number of aryl methyl sites for hydroxylation is 1. The first-order valence-electron chi connectivity index (χ1n) is 14.8. The minimum atomic E-state index is -0.621. The van der Waals surface area contributed by atoms with Gasteiger partial charge in [-0.1, -0.05) is 88.2 Å². The van der Waals surface area contributed by atoms with Crippen LogP contribution in [-0.4, -0.2) is 49.2 Å². The van der Waals surface area contributed by atoms with Crippen LogP contribution in [0.5, 0.6) is 11.5 Å². The van der Waals surface area contributed by atoms with E-state index in [0.717, 1.165) is 40.9 Å². The molecule has 6 nitrogen and oxygen atoms in total. The number of aliphatic hydroxyl groups excluding tert-OH is 2. The van der Waals surface area contributed by atoms with Crippen molar-refractivity contribution in [1.82, 2.24) is 0 Å². The fourth-order valence-electron chi connectivity index (χ4n) is 4.53. The van der Waals surface area contributed by atoms with Crippen molar-refractivity contribution < 1.29 is 29.2 Å². The lowest BCUT2D eigenvalue weighted by molar-refractivity contribution is -0.140. The van der Waals surface area contributed by atoms with Crippen molar-refractivity contribution in [2.24, 2.45) is 0 Å². The number of esters is 1. The second-order valence-corrected chi connectivity index (χ2v) is 10.3. The molecular formula is C36H44O6. The summed E-state index contributed by atoms with van der Waals surface area (Å²) in [6.07, 6.45) is 7.72. The maximum Gasteiger partial charge on any atom is 0.335 e. The van der Waals surface area contributed by atoms with Crippen LogP contribution < -0.4 is 9.47 Å². The molecule has 0 aromatic heterocycles. The highest BCUT2D eigenvalue weighted by molar-refractivity contribution is 5.87. The molecular weight excluding hydrogens is 528 g/mol. The lowest BCUT2D eigenvalue weighted by atomic mass is 9.92. The minimum absolute atomic E-state index is 0.0207. The molecule has 0 atom stereocenters. The highest BCUT2D eigenvalue weighted by atomic mass is 16.6. The maximum absolute atomic E-state index is 11.6. The summed E-state index contributed by atoms with van der Waals surface area (Å²) < 4.78 is 16.7. The average molecular weight is 573 g/mol. The fourth-order valence-corrected chi connectivity index (χ4v) is 4.53. The summed E-state index contributed by atoms with van der Waals surface area (Å²) in [5, 5.41) is 18.1. The predicted molar refractivity (Wildman–Crippen MR) is 169 cm³/mol. The molecule has 0 aliphatic rings. The Kier molecular flexibility index (Phi) is 13.9. The van der Waals surface area contributed by atoms with E-state index >= 15 is 0 Å². The van der Waals surface area contributed by atoms with Crippen molar-refractivity contribution in [3.8, 4) is 33.8 Å². The Morgan fingerprint density at radius 3 is 2.21 bits per heavy atom. The summed E-state index contributed by atoms with van der Waals surface area (Å²) in [7, 11) is 0. The van der Waals surface area contributed by atoms with Gasteiger partial charge in [0.2, 0.25) is 0 Å². The van der Waals surface area contributed by atoms with Gasteiger partial charge >= 0.3 is 5.97 Å². The Labute approximate surface area is 250 Å². The first kappa shape index (κ1) is 32.6. The highest BCUT2D eigenvalue weighted by Crippen LogP contribution is 2.33. The zero-order valence-corrected chi connectivity index (χ0v) is 24.8. The van der Waals surface area contributed by atoms with Crippen LogP contribution >= 0.6 is 0 Å². The molecule has 42 heavy (non-hydrogen) atoms. The number of benzene rings is 3. The van der Waals surface area contributed by atoms with Crippen molar-refractivity contribution >= 4 is 5.97 Å². The normalized spacial score (nSPS) is 10.7. The molecule has 0 unspecified atom stereocenters. The second kappa shape index (κ2) is 17.8. The van der Waals surface area contributed by atoms with Crippen molar-refractivity contribution in [3.63, 3.8) is 0 Å². The summed E-state index contributed by atoms with van der Waals surface area (Å²) in [5.41, 5.74) is 6.65. The molecule has 3 aromatic carbocycles. The van der Waals surface area contributed by atoms with Crippen LogP contribution in [0.25, 0.3) is 22.3 Å². The fraction of sp³-hybridized carbons (Fsp3) is 0.361. The summed E-state index contributed by atoms with van der Waals surface area (Å²) in [5.74, 6) is 0.868. The van der Waals surface area contributed by atoms with Gasteiger partial charge in [0.05, 0.1) is 25.4 Å². The van der Waals surface area contributed by atoms with Gasteiger partial charge in [-0.3, -0.25) is 0 Å². The van der Waals surface area contributed by atoms with Gasteiger partial charge in [0.15, 0.2) is 0 Å². The SMILES string of the molecule is C=C(CO)CCOc1cccc(-c2ccc(-c3ccc(OCCOC(=O)C(=C)CO)cc3)cc2CCCCCCC)c1. The van der Waals surface area contributed by atoms with E-state index in [9.17, 15) is 9.90 Å². The van der Waals surface area contributed by atoms with Crippen molar-refractivity contribution in [1.29, 1.82) is 0 Å². The number of unbranched alkanes of at least 4 members (excludes halogenated alkanes) is 4. The summed E-state index contributed by atoms with van der Waals surface area (Å²) in [6.45, 7) is 9.84. The van der Waals surface area contributed by atoms with Gasteiger partial charge in [-0.05, 0) is 70.5 Å². The van der Waals surface area contributed by atoms with Crippen LogP contribution in [0.3, 0.4) is 0 Å².